The highest BCUT2D eigenvalue weighted by molar-refractivity contribution is 6.32. The molecule has 1 aromatic rings. The zero-order valence-corrected chi connectivity index (χ0v) is 10.3. The molecule has 0 atom stereocenters. The van der Waals surface area contributed by atoms with E-state index in [9.17, 15) is 14.7 Å². The largest absolute Gasteiger partial charge is 0.506 e. The van der Waals surface area contributed by atoms with Gasteiger partial charge in [0, 0.05) is 6.42 Å². The Balaban J connectivity index is 2.44. The van der Waals surface area contributed by atoms with Gasteiger partial charge in [0.25, 0.3) is 0 Å². The number of imide groups is 1. The second kappa shape index (κ2) is 3.74. The van der Waals surface area contributed by atoms with Crippen LogP contribution in [0.2, 0.25) is 5.02 Å². The molecular weight excluding hydrogens is 242 g/mol. The number of phenolic OH excluding ortho intramolecular Hbond substituents is 1. The van der Waals surface area contributed by atoms with Crippen molar-refractivity contribution in [2.75, 3.05) is 4.90 Å². The fraction of sp³-hybridized carbons (Fsp3) is 0.333. The van der Waals surface area contributed by atoms with Gasteiger partial charge >= 0.3 is 0 Å². The molecule has 1 N–H and O–H groups in total. The summed E-state index contributed by atoms with van der Waals surface area (Å²) in [6, 6.07) is 4.27. The normalized spacial score (nSPS) is 18.9. The van der Waals surface area contributed by atoms with Crippen LogP contribution in [0.3, 0.4) is 0 Å². The summed E-state index contributed by atoms with van der Waals surface area (Å²) in [5.41, 5.74) is -0.282. The predicted octanol–water partition coefficient (Wildman–Crippen LogP) is 2.34. The van der Waals surface area contributed by atoms with E-state index < -0.39 is 5.41 Å². The molecule has 0 aliphatic carbocycles. The second-order valence-electron chi connectivity index (χ2n) is 4.73. The Morgan fingerprint density at radius 2 is 2.00 bits per heavy atom. The maximum absolute atomic E-state index is 12.0. The van der Waals surface area contributed by atoms with Crippen molar-refractivity contribution in [3.8, 4) is 5.75 Å². The molecule has 5 heteroatoms. The first-order valence-corrected chi connectivity index (χ1v) is 5.56. The molecule has 0 aromatic heterocycles. The molecule has 4 nitrogen and oxygen atoms in total. The number of anilines is 1. The lowest BCUT2D eigenvalue weighted by molar-refractivity contribution is -0.124. The first-order chi connectivity index (χ1) is 7.83. The first-order valence-electron chi connectivity index (χ1n) is 5.19. The average molecular weight is 254 g/mol. The fourth-order valence-corrected chi connectivity index (χ4v) is 2.02. The number of hydrogen-bond donors (Lipinski definition) is 1. The topological polar surface area (TPSA) is 57.6 Å². The Morgan fingerprint density at radius 3 is 2.47 bits per heavy atom. The van der Waals surface area contributed by atoms with E-state index in [0.717, 1.165) is 4.90 Å². The van der Waals surface area contributed by atoms with Crippen molar-refractivity contribution >= 4 is 29.1 Å². The highest BCUT2D eigenvalue weighted by Gasteiger charge is 2.45. The van der Waals surface area contributed by atoms with Crippen LogP contribution >= 0.6 is 11.6 Å². The molecule has 0 spiro atoms. The number of benzene rings is 1. The van der Waals surface area contributed by atoms with Crippen molar-refractivity contribution in [3.05, 3.63) is 23.2 Å². The quantitative estimate of drug-likeness (QED) is 0.782. The summed E-state index contributed by atoms with van der Waals surface area (Å²) < 4.78 is 0. The standard InChI is InChI=1S/C12H12ClNO3/c1-12(2)6-10(16)14(11(12)17)7-3-4-9(15)8(13)5-7/h3-5,15H,6H2,1-2H3. The maximum atomic E-state index is 12.0. The monoisotopic (exact) mass is 253 g/mol. The summed E-state index contributed by atoms with van der Waals surface area (Å²) in [6.07, 6.45) is 0.185. The van der Waals surface area contributed by atoms with Gasteiger partial charge in [-0.3, -0.25) is 14.5 Å². The minimum Gasteiger partial charge on any atom is -0.506 e. The number of hydrogen-bond acceptors (Lipinski definition) is 3. The Hall–Kier alpha value is -1.55. The summed E-state index contributed by atoms with van der Waals surface area (Å²) >= 11 is 5.76. The smallest absolute Gasteiger partial charge is 0.239 e. The number of halogens is 1. The summed E-state index contributed by atoms with van der Waals surface area (Å²) in [4.78, 5) is 24.9. The van der Waals surface area contributed by atoms with Crippen molar-refractivity contribution in [2.24, 2.45) is 5.41 Å². The molecule has 1 heterocycles. The van der Waals surface area contributed by atoms with E-state index in [4.69, 9.17) is 11.6 Å². The summed E-state index contributed by atoms with van der Waals surface area (Å²) in [7, 11) is 0. The molecule has 90 valence electrons. The number of amides is 2. The lowest BCUT2D eigenvalue weighted by Gasteiger charge is -2.18. The van der Waals surface area contributed by atoms with Crippen LogP contribution in [-0.2, 0) is 9.59 Å². The van der Waals surface area contributed by atoms with Crippen molar-refractivity contribution in [1.82, 2.24) is 0 Å². The minimum atomic E-state index is -0.679. The van der Waals surface area contributed by atoms with Gasteiger partial charge in [0.15, 0.2) is 0 Å². The van der Waals surface area contributed by atoms with E-state index in [1.807, 2.05) is 0 Å². The molecule has 1 aliphatic rings. The third-order valence-corrected chi connectivity index (χ3v) is 3.12. The van der Waals surface area contributed by atoms with Crippen LogP contribution in [0.4, 0.5) is 5.69 Å². The molecule has 0 saturated carbocycles. The van der Waals surface area contributed by atoms with E-state index in [0.29, 0.717) is 5.69 Å². The van der Waals surface area contributed by atoms with Gasteiger partial charge in [0.2, 0.25) is 11.8 Å². The molecule has 2 amide bonds. The fourth-order valence-electron chi connectivity index (χ4n) is 1.84. The third-order valence-electron chi connectivity index (χ3n) is 2.81. The van der Waals surface area contributed by atoms with Crippen LogP contribution in [-0.4, -0.2) is 16.9 Å². The number of carbonyl (C=O) groups is 2. The summed E-state index contributed by atoms with van der Waals surface area (Å²) in [5.74, 6) is -0.570. The van der Waals surface area contributed by atoms with Crippen molar-refractivity contribution in [2.45, 2.75) is 20.3 Å². The molecule has 0 radical (unpaired) electrons. The van der Waals surface area contributed by atoms with E-state index >= 15 is 0 Å². The second-order valence-corrected chi connectivity index (χ2v) is 5.14. The van der Waals surface area contributed by atoms with Gasteiger partial charge in [0.05, 0.1) is 16.1 Å². The van der Waals surface area contributed by atoms with Crippen LogP contribution in [0.25, 0.3) is 0 Å². The number of aromatic hydroxyl groups is 1. The van der Waals surface area contributed by atoms with Gasteiger partial charge in [-0.1, -0.05) is 25.4 Å². The average Bonchev–Trinajstić information content (AvgIpc) is 2.42. The number of phenols is 1. The number of rotatable bonds is 1. The zero-order valence-electron chi connectivity index (χ0n) is 9.53. The van der Waals surface area contributed by atoms with Crippen LogP contribution < -0.4 is 4.90 Å². The van der Waals surface area contributed by atoms with Crippen LogP contribution in [0.1, 0.15) is 20.3 Å². The zero-order chi connectivity index (χ0) is 12.8. The Labute approximate surface area is 104 Å². The highest BCUT2D eigenvalue weighted by atomic mass is 35.5. The molecular formula is C12H12ClNO3. The SMILES string of the molecule is CC1(C)CC(=O)N(c2ccc(O)c(Cl)c2)C1=O. The van der Waals surface area contributed by atoms with Crippen molar-refractivity contribution in [3.63, 3.8) is 0 Å². The molecule has 2 rings (SSSR count). The molecule has 1 saturated heterocycles. The van der Waals surface area contributed by atoms with Crippen LogP contribution in [0.15, 0.2) is 18.2 Å². The highest BCUT2D eigenvalue weighted by Crippen LogP contribution is 2.37. The van der Waals surface area contributed by atoms with Crippen molar-refractivity contribution in [1.29, 1.82) is 0 Å². The Kier molecular flexibility index (Phi) is 2.62. The summed E-state index contributed by atoms with van der Waals surface area (Å²) in [5, 5.41) is 9.42. The molecule has 1 aromatic carbocycles. The van der Waals surface area contributed by atoms with Crippen molar-refractivity contribution < 1.29 is 14.7 Å². The Morgan fingerprint density at radius 1 is 1.35 bits per heavy atom. The minimum absolute atomic E-state index is 0.0752. The van der Waals surface area contributed by atoms with E-state index in [1.165, 1.54) is 18.2 Å². The summed E-state index contributed by atoms with van der Waals surface area (Å²) in [6.45, 7) is 3.46. The van der Waals surface area contributed by atoms with Crippen LogP contribution in [0.5, 0.6) is 5.75 Å². The maximum Gasteiger partial charge on any atom is 0.239 e. The van der Waals surface area contributed by atoms with Gasteiger partial charge in [-0.05, 0) is 18.2 Å². The van der Waals surface area contributed by atoms with Gasteiger partial charge in [-0.25, -0.2) is 0 Å². The lowest BCUT2D eigenvalue weighted by Crippen LogP contribution is -2.32. The number of carbonyl (C=O) groups excluding carboxylic acids is 2. The predicted molar refractivity (Wildman–Crippen MR) is 64.0 cm³/mol. The third kappa shape index (κ3) is 1.89. The lowest BCUT2D eigenvalue weighted by atomic mass is 9.92. The molecule has 1 fully saturated rings. The Bertz CT molecular complexity index is 510. The van der Waals surface area contributed by atoms with E-state index in [2.05, 4.69) is 0 Å². The molecule has 0 unspecified atom stereocenters. The van der Waals surface area contributed by atoms with Crippen LogP contribution in [0, 0.1) is 5.41 Å². The van der Waals surface area contributed by atoms with Gasteiger partial charge in [-0.2, -0.15) is 0 Å². The molecule has 17 heavy (non-hydrogen) atoms. The van der Waals surface area contributed by atoms with E-state index in [1.54, 1.807) is 13.8 Å². The number of nitrogens with zero attached hydrogens (tertiary/aromatic N) is 1. The van der Waals surface area contributed by atoms with Gasteiger partial charge in [-0.15, -0.1) is 0 Å². The van der Waals surface area contributed by atoms with E-state index in [-0.39, 0.29) is 29.0 Å². The van der Waals surface area contributed by atoms with Gasteiger partial charge in [0.1, 0.15) is 5.75 Å². The van der Waals surface area contributed by atoms with Gasteiger partial charge < -0.3 is 5.11 Å². The molecule has 0 bridgehead atoms. The molecule has 1 aliphatic heterocycles. The first kappa shape index (κ1) is 11.9.